The van der Waals surface area contributed by atoms with E-state index in [1.807, 2.05) is 6.92 Å². The molecule has 0 aromatic carbocycles. The van der Waals surface area contributed by atoms with Crippen LogP contribution >= 0.6 is 11.8 Å². The van der Waals surface area contributed by atoms with E-state index in [2.05, 4.69) is 33.1 Å². The number of thioether (sulfide) groups is 1. The number of fused-ring (bicyclic) bond motifs is 1. The van der Waals surface area contributed by atoms with Gasteiger partial charge in [0.1, 0.15) is 11.4 Å². The molecular formula is C15H25N5S. The topological polar surface area (TPSA) is 66.5 Å². The van der Waals surface area contributed by atoms with Crippen LogP contribution < -0.4 is 5.32 Å². The van der Waals surface area contributed by atoms with E-state index in [1.165, 1.54) is 19.3 Å². The lowest BCUT2D eigenvalue weighted by Crippen LogP contribution is -2.41. The first kappa shape index (κ1) is 16.3. The first-order chi connectivity index (χ1) is 10.2. The van der Waals surface area contributed by atoms with Gasteiger partial charge in [0.2, 0.25) is 0 Å². The van der Waals surface area contributed by atoms with Crippen LogP contribution in [0.25, 0.3) is 0 Å². The molecule has 0 radical (unpaired) electrons. The predicted octanol–water partition coefficient (Wildman–Crippen LogP) is 2.77. The third-order valence-corrected chi connectivity index (χ3v) is 4.89. The van der Waals surface area contributed by atoms with Gasteiger partial charge in [0, 0.05) is 18.7 Å². The van der Waals surface area contributed by atoms with Crippen molar-refractivity contribution in [3.05, 3.63) is 5.82 Å². The number of aromatic nitrogens is 3. The Hall–Kier alpha value is -1.06. The van der Waals surface area contributed by atoms with Crippen LogP contribution in [0, 0.1) is 11.3 Å². The Kier molecular flexibility index (Phi) is 6.07. The van der Waals surface area contributed by atoms with Gasteiger partial charge in [-0.05, 0) is 39.2 Å². The molecule has 1 aliphatic heterocycles. The molecule has 6 heteroatoms. The van der Waals surface area contributed by atoms with Crippen molar-refractivity contribution in [1.29, 1.82) is 5.26 Å². The van der Waals surface area contributed by atoms with Crippen LogP contribution in [0.5, 0.6) is 0 Å². The molecule has 1 unspecified atom stereocenters. The Morgan fingerprint density at radius 1 is 1.38 bits per heavy atom. The standard InChI is InChI=1S/C15H25N5S/c1-3-9-17-15(2,12-16)8-11-21-14-19-18-13-7-5-4-6-10-20(13)14/h17H,3-11H2,1-2H3. The summed E-state index contributed by atoms with van der Waals surface area (Å²) >= 11 is 1.72. The molecule has 0 saturated carbocycles. The lowest BCUT2D eigenvalue weighted by atomic mass is 10.0. The van der Waals surface area contributed by atoms with E-state index in [9.17, 15) is 5.26 Å². The van der Waals surface area contributed by atoms with Gasteiger partial charge in [0.15, 0.2) is 5.16 Å². The van der Waals surface area contributed by atoms with E-state index < -0.39 is 5.54 Å². The molecule has 116 valence electrons. The average molecular weight is 307 g/mol. The predicted molar refractivity (Wildman–Crippen MR) is 85.2 cm³/mol. The van der Waals surface area contributed by atoms with Crippen molar-refractivity contribution in [2.45, 2.75) is 69.6 Å². The first-order valence-electron chi connectivity index (χ1n) is 7.89. The SMILES string of the molecule is CCCNC(C)(C#N)CCSc1nnc2n1CCCCC2. The molecule has 2 heterocycles. The van der Waals surface area contributed by atoms with Gasteiger partial charge < -0.3 is 4.57 Å². The maximum atomic E-state index is 9.34. The van der Waals surface area contributed by atoms with Gasteiger partial charge in [-0.1, -0.05) is 25.1 Å². The van der Waals surface area contributed by atoms with Crippen LogP contribution in [-0.4, -0.2) is 32.6 Å². The van der Waals surface area contributed by atoms with E-state index in [0.29, 0.717) is 0 Å². The smallest absolute Gasteiger partial charge is 0.191 e. The van der Waals surface area contributed by atoms with Gasteiger partial charge in [-0.15, -0.1) is 10.2 Å². The van der Waals surface area contributed by atoms with Gasteiger partial charge in [0.05, 0.1) is 6.07 Å². The van der Waals surface area contributed by atoms with E-state index in [1.54, 1.807) is 11.8 Å². The molecular weight excluding hydrogens is 282 g/mol. The van der Waals surface area contributed by atoms with Crippen LogP contribution in [0.2, 0.25) is 0 Å². The van der Waals surface area contributed by atoms with Gasteiger partial charge in [-0.25, -0.2) is 0 Å². The highest BCUT2D eigenvalue weighted by Gasteiger charge is 2.23. The Morgan fingerprint density at radius 2 is 2.24 bits per heavy atom. The van der Waals surface area contributed by atoms with E-state index >= 15 is 0 Å². The van der Waals surface area contributed by atoms with E-state index in [4.69, 9.17) is 0 Å². The van der Waals surface area contributed by atoms with Crippen molar-refractivity contribution >= 4 is 11.8 Å². The van der Waals surface area contributed by atoms with E-state index in [-0.39, 0.29) is 0 Å². The lowest BCUT2D eigenvalue weighted by molar-refractivity contribution is 0.437. The molecule has 1 aromatic rings. The summed E-state index contributed by atoms with van der Waals surface area (Å²) < 4.78 is 2.26. The minimum absolute atomic E-state index is 0.440. The average Bonchev–Trinajstić information content (AvgIpc) is 2.73. The molecule has 0 amide bonds. The van der Waals surface area contributed by atoms with Crippen molar-refractivity contribution in [3.8, 4) is 6.07 Å². The second kappa shape index (κ2) is 7.81. The van der Waals surface area contributed by atoms with Crippen LogP contribution in [0.4, 0.5) is 0 Å². The molecule has 0 saturated heterocycles. The normalized spacial score (nSPS) is 17.6. The van der Waals surface area contributed by atoms with Crippen LogP contribution in [0.15, 0.2) is 5.16 Å². The molecule has 0 spiro atoms. The fourth-order valence-electron chi connectivity index (χ4n) is 2.50. The van der Waals surface area contributed by atoms with Crippen molar-refractivity contribution < 1.29 is 0 Å². The maximum Gasteiger partial charge on any atom is 0.191 e. The van der Waals surface area contributed by atoms with Crippen molar-refractivity contribution in [2.75, 3.05) is 12.3 Å². The molecule has 0 bridgehead atoms. The summed E-state index contributed by atoms with van der Waals surface area (Å²) in [5, 5.41) is 22.3. The number of rotatable bonds is 7. The molecule has 5 nitrogen and oxygen atoms in total. The molecule has 1 aliphatic rings. The highest BCUT2D eigenvalue weighted by Crippen LogP contribution is 2.24. The summed E-state index contributed by atoms with van der Waals surface area (Å²) in [5.74, 6) is 2.01. The molecule has 1 aromatic heterocycles. The van der Waals surface area contributed by atoms with Crippen LogP contribution in [0.3, 0.4) is 0 Å². The Bertz CT molecular complexity index is 493. The summed E-state index contributed by atoms with van der Waals surface area (Å²) in [6.45, 7) is 6.02. The Balaban J connectivity index is 1.89. The summed E-state index contributed by atoms with van der Waals surface area (Å²) in [5.41, 5.74) is -0.440. The van der Waals surface area contributed by atoms with Crippen LogP contribution in [0.1, 0.15) is 51.8 Å². The highest BCUT2D eigenvalue weighted by molar-refractivity contribution is 7.99. The van der Waals surface area contributed by atoms with Crippen molar-refractivity contribution in [3.63, 3.8) is 0 Å². The number of nitriles is 1. The molecule has 1 atom stereocenters. The Morgan fingerprint density at radius 3 is 3.00 bits per heavy atom. The molecule has 21 heavy (non-hydrogen) atoms. The lowest BCUT2D eigenvalue weighted by Gasteiger charge is -2.22. The molecule has 2 rings (SSSR count). The van der Waals surface area contributed by atoms with E-state index in [0.717, 1.165) is 49.1 Å². The second-order valence-corrected chi connectivity index (χ2v) is 6.89. The van der Waals surface area contributed by atoms with Crippen LogP contribution in [-0.2, 0) is 13.0 Å². The monoisotopic (exact) mass is 307 g/mol. The minimum Gasteiger partial charge on any atom is -0.306 e. The Labute approximate surface area is 131 Å². The second-order valence-electron chi connectivity index (χ2n) is 5.83. The molecule has 0 aliphatic carbocycles. The molecule has 0 fully saturated rings. The summed E-state index contributed by atoms with van der Waals surface area (Å²) in [4.78, 5) is 0. The third-order valence-electron chi connectivity index (χ3n) is 3.92. The van der Waals surface area contributed by atoms with Crippen molar-refractivity contribution in [1.82, 2.24) is 20.1 Å². The number of aryl methyl sites for hydroxylation is 1. The number of nitrogens with zero attached hydrogens (tertiary/aromatic N) is 4. The summed E-state index contributed by atoms with van der Waals surface area (Å²) in [6, 6.07) is 2.40. The van der Waals surface area contributed by atoms with Gasteiger partial charge >= 0.3 is 0 Å². The summed E-state index contributed by atoms with van der Waals surface area (Å²) in [6.07, 6.45) is 6.61. The number of nitrogens with one attached hydrogen (secondary N) is 1. The zero-order valence-corrected chi connectivity index (χ0v) is 13.9. The first-order valence-corrected chi connectivity index (χ1v) is 8.88. The largest absolute Gasteiger partial charge is 0.306 e. The minimum atomic E-state index is -0.440. The van der Waals surface area contributed by atoms with Gasteiger partial charge in [-0.2, -0.15) is 5.26 Å². The fourth-order valence-corrected chi connectivity index (χ4v) is 3.64. The van der Waals surface area contributed by atoms with Gasteiger partial charge in [-0.3, -0.25) is 5.32 Å². The summed E-state index contributed by atoms with van der Waals surface area (Å²) in [7, 11) is 0. The van der Waals surface area contributed by atoms with Gasteiger partial charge in [0.25, 0.3) is 0 Å². The van der Waals surface area contributed by atoms with Crippen molar-refractivity contribution in [2.24, 2.45) is 0 Å². The third kappa shape index (κ3) is 4.45. The zero-order chi connectivity index (χ0) is 15.1. The zero-order valence-electron chi connectivity index (χ0n) is 13.1. The number of hydrogen-bond donors (Lipinski definition) is 1. The maximum absolute atomic E-state index is 9.34. The quantitative estimate of drug-likeness (QED) is 0.785. The molecule has 1 N–H and O–H groups in total. The highest BCUT2D eigenvalue weighted by atomic mass is 32.2. The number of hydrogen-bond acceptors (Lipinski definition) is 5. The fraction of sp³-hybridized carbons (Fsp3) is 0.800.